The van der Waals surface area contributed by atoms with Crippen molar-refractivity contribution in [2.45, 2.75) is 44.2 Å². The number of methoxy groups -OCH3 is 1. The number of hydrogen-bond donors (Lipinski definition) is 1. The molecule has 1 aromatic rings. The Kier molecular flexibility index (Phi) is 4.15. The Balaban J connectivity index is 1.64. The molecule has 1 amide bonds. The molecule has 1 spiro atoms. The molecule has 0 bridgehead atoms. The highest BCUT2D eigenvalue weighted by Crippen LogP contribution is 2.30. The van der Waals surface area contributed by atoms with Crippen LogP contribution in [0.3, 0.4) is 0 Å². The molecule has 0 unspecified atom stereocenters. The molecule has 2 saturated heterocycles. The topological polar surface area (TPSA) is 41.6 Å². The van der Waals surface area contributed by atoms with Gasteiger partial charge in [-0.25, -0.2) is 0 Å². The van der Waals surface area contributed by atoms with Gasteiger partial charge in [0.25, 0.3) is 0 Å². The van der Waals surface area contributed by atoms with Gasteiger partial charge in [0.05, 0.1) is 12.6 Å². The fourth-order valence-corrected chi connectivity index (χ4v) is 3.67. The number of nitrogens with zero attached hydrogens (tertiary/aromatic N) is 1. The van der Waals surface area contributed by atoms with Gasteiger partial charge in [0.2, 0.25) is 5.91 Å². The van der Waals surface area contributed by atoms with Crippen molar-refractivity contribution < 1.29 is 9.53 Å². The minimum Gasteiger partial charge on any atom is -0.497 e. The number of likely N-dealkylation sites (tertiary alicyclic amines) is 1. The van der Waals surface area contributed by atoms with Crippen LogP contribution in [0.5, 0.6) is 5.75 Å². The third kappa shape index (κ3) is 3.38. The number of carbonyl (C=O) groups is 1. The molecule has 2 aliphatic heterocycles. The second-order valence-corrected chi connectivity index (χ2v) is 6.34. The van der Waals surface area contributed by atoms with Crippen molar-refractivity contribution in [3.63, 3.8) is 0 Å². The van der Waals surface area contributed by atoms with Crippen molar-refractivity contribution in [3.05, 3.63) is 29.8 Å². The number of rotatable bonds is 3. The summed E-state index contributed by atoms with van der Waals surface area (Å²) in [6, 6.07) is 8.27. The van der Waals surface area contributed by atoms with Crippen LogP contribution in [0.15, 0.2) is 24.3 Å². The molecule has 0 aliphatic carbocycles. The van der Waals surface area contributed by atoms with Gasteiger partial charge in [0.15, 0.2) is 0 Å². The lowest BCUT2D eigenvalue weighted by molar-refractivity contribution is -0.126. The maximum atomic E-state index is 11.7. The lowest BCUT2D eigenvalue weighted by Gasteiger charge is -2.45. The van der Waals surface area contributed by atoms with E-state index in [4.69, 9.17) is 4.74 Å². The summed E-state index contributed by atoms with van der Waals surface area (Å²) >= 11 is 0. The molecule has 3 rings (SSSR count). The van der Waals surface area contributed by atoms with Crippen LogP contribution in [-0.2, 0) is 11.3 Å². The molecule has 2 heterocycles. The normalized spacial score (nSPS) is 26.6. The summed E-state index contributed by atoms with van der Waals surface area (Å²) in [7, 11) is 1.69. The molecule has 4 nitrogen and oxygen atoms in total. The van der Waals surface area contributed by atoms with E-state index in [2.05, 4.69) is 22.3 Å². The van der Waals surface area contributed by atoms with Crippen LogP contribution in [0.4, 0.5) is 0 Å². The van der Waals surface area contributed by atoms with Gasteiger partial charge in [-0.2, -0.15) is 0 Å². The van der Waals surface area contributed by atoms with Crippen LogP contribution in [0.25, 0.3) is 0 Å². The first kappa shape index (κ1) is 14.4. The number of piperidine rings is 2. The Morgan fingerprint density at radius 2 is 2.00 bits per heavy atom. The Morgan fingerprint density at radius 3 is 2.71 bits per heavy atom. The second-order valence-electron chi connectivity index (χ2n) is 6.34. The average Bonchev–Trinajstić information content (AvgIpc) is 2.48. The monoisotopic (exact) mass is 288 g/mol. The molecule has 114 valence electrons. The zero-order valence-electron chi connectivity index (χ0n) is 12.7. The van der Waals surface area contributed by atoms with Crippen LogP contribution in [-0.4, -0.2) is 36.5 Å². The van der Waals surface area contributed by atoms with E-state index < -0.39 is 0 Å². The van der Waals surface area contributed by atoms with Crippen molar-refractivity contribution in [3.8, 4) is 5.75 Å². The first-order valence-corrected chi connectivity index (χ1v) is 7.85. The highest BCUT2D eigenvalue weighted by atomic mass is 16.5. The van der Waals surface area contributed by atoms with Gasteiger partial charge < -0.3 is 10.1 Å². The van der Waals surface area contributed by atoms with E-state index in [9.17, 15) is 4.79 Å². The number of carbonyl (C=O) groups excluding carboxylic acids is 1. The smallest absolute Gasteiger partial charge is 0.220 e. The first-order valence-electron chi connectivity index (χ1n) is 7.85. The minimum atomic E-state index is 0.0278. The van der Waals surface area contributed by atoms with E-state index in [1.807, 2.05) is 12.1 Å². The van der Waals surface area contributed by atoms with Crippen molar-refractivity contribution >= 4 is 5.91 Å². The molecule has 4 heteroatoms. The molecule has 1 aromatic carbocycles. The largest absolute Gasteiger partial charge is 0.497 e. The molecule has 2 fully saturated rings. The fourth-order valence-electron chi connectivity index (χ4n) is 3.67. The van der Waals surface area contributed by atoms with Gasteiger partial charge in [0.1, 0.15) is 5.75 Å². The third-order valence-electron chi connectivity index (χ3n) is 4.68. The summed E-state index contributed by atoms with van der Waals surface area (Å²) in [5, 5.41) is 3.27. The van der Waals surface area contributed by atoms with Gasteiger partial charge in [-0.15, -0.1) is 0 Å². The number of benzene rings is 1. The molecule has 0 radical (unpaired) electrons. The second kappa shape index (κ2) is 6.06. The maximum absolute atomic E-state index is 11.7. The minimum absolute atomic E-state index is 0.0278. The fraction of sp³-hybridized carbons (Fsp3) is 0.588. The SMILES string of the molecule is COc1ccc(CN2CCC[C@]3(CCCC(=O)N3)C2)cc1. The van der Waals surface area contributed by atoms with E-state index >= 15 is 0 Å². The predicted octanol–water partition coefficient (Wildman–Crippen LogP) is 2.33. The molecule has 1 N–H and O–H groups in total. The molecule has 1 atom stereocenters. The summed E-state index contributed by atoms with van der Waals surface area (Å²) in [6.45, 7) is 3.04. The van der Waals surface area contributed by atoms with Crippen LogP contribution in [0.2, 0.25) is 0 Å². The molecule has 0 saturated carbocycles. The summed E-state index contributed by atoms with van der Waals surface area (Å²) < 4.78 is 5.20. The van der Waals surface area contributed by atoms with Gasteiger partial charge in [-0.1, -0.05) is 12.1 Å². The maximum Gasteiger partial charge on any atom is 0.220 e. The van der Waals surface area contributed by atoms with E-state index in [-0.39, 0.29) is 11.4 Å². The Bertz CT molecular complexity index is 496. The number of amides is 1. The quantitative estimate of drug-likeness (QED) is 0.928. The summed E-state index contributed by atoms with van der Waals surface area (Å²) in [5.41, 5.74) is 1.33. The van der Waals surface area contributed by atoms with Crippen LogP contribution in [0.1, 0.15) is 37.7 Å². The third-order valence-corrected chi connectivity index (χ3v) is 4.68. The highest BCUT2D eigenvalue weighted by molar-refractivity contribution is 5.77. The number of hydrogen-bond acceptors (Lipinski definition) is 3. The Hall–Kier alpha value is -1.55. The lowest BCUT2D eigenvalue weighted by Crippen LogP contribution is -2.60. The zero-order chi connectivity index (χ0) is 14.7. The summed E-state index contributed by atoms with van der Waals surface area (Å²) in [5.74, 6) is 1.13. The molecular formula is C17H24N2O2. The van der Waals surface area contributed by atoms with Gasteiger partial charge >= 0.3 is 0 Å². The van der Waals surface area contributed by atoms with Crippen LogP contribution < -0.4 is 10.1 Å². The van der Waals surface area contributed by atoms with Gasteiger partial charge in [0, 0.05) is 19.5 Å². The van der Waals surface area contributed by atoms with E-state index in [1.165, 1.54) is 5.56 Å². The molecule has 21 heavy (non-hydrogen) atoms. The zero-order valence-corrected chi connectivity index (χ0v) is 12.7. The van der Waals surface area contributed by atoms with Gasteiger partial charge in [-0.3, -0.25) is 9.69 Å². The van der Waals surface area contributed by atoms with Crippen LogP contribution in [0, 0.1) is 0 Å². The van der Waals surface area contributed by atoms with Crippen molar-refractivity contribution in [2.75, 3.05) is 20.2 Å². The summed E-state index contributed by atoms with van der Waals surface area (Å²) in [4.78, 5) is 14.2. The first-order chi connectivity index (χ1) is 10.2. The van der Waals surface area contributed by atoms with Crippen LogP contribution >= 0.6 is 0 Å². The molecule has 2 aliphatic rings. The Labute approximate surface area is 126 Å². The van der Waals surface area contributed by atoms with E-state index in [0.717, 1.165) is 51.1 Å². The van der Waals surface area contributed by atoms with Crippen molar-refractivity contribution in [1.29, 1.82) is 0 Å². The van der Waals surface area contributed by atoms with Gasteiger partial charge in [-0.05, 0) is 49.9 Å². The molecular weight excluding hydrogens is 264 g/mol. The number of nitrogens with one attached hydrogen (secondary N) is 1. The standard InChI is InChI=1S/C17H24N2O2/c1-21-15-7-5-14(6-8-15)12-19-11-3-10-17(13-19)9-2-4-16(20)18-17/h5-8H,2-4,9-13H2,1H3,(H,18,20)/t17-/m1/s1. The highest BCUT2D eigenvalue weighted by Gasteiger charge is 2.38. The molecule has 0 aromatic heterocycles. The Morgan fingerprint density at radius 1 is 1.24 bits per heavy atom. The number of ether oxygens (including phenoxy) is 1. The van der Waals surface area contributed by atoms with Crippen molar-refractivity contribution in [1.82, 2.24) is 10.2 Å². The average molecular weight is 288 g/mol. The van der Waals surface area contributed by atoms with E-state index in [0.29, 0.717) is 6.42 Å². The summed E-state index contributed by atoms with van der Waals surface area (Å²) in [6.07, 6.45) is 5.13. The van der Waals surface area contributed by atoms with Crippen molar-refractivity contribution in [2.24, 2.45) is 0 Å². The lowest BCUT2D eigenvalue weighted by atomic mass is 9.81. The predicted molar refractivity (Wildman–Crippen MR) is 82.2 cm³/mol. The van der Waals surface area contributed by atoms with E-state index in [1.54, 1.807) is 7.11 Å².